The van der Waals surface area contributed by atoms with E-state index in [9.17, 15) is 26.3 Å². The number of benzene rings is 1. The molecule has 1 atom stereocenters. The van der Waals surface area contributed by atoms with Crippen molar-refractivity contribution in [1.29, 1.82) is 0 Å². The van der Waals surface area contributed by atoms with Crippen LogP contribution in [-0.2, 0) is 6.18 Å². The van der Waals surface area contributed by atoms with Crippen LogP contribution < -0.4 is 5.32 Å². The fraction of sp³-hybridized carbons (Fsp3) is 0.538. The maximum absolute atomic E-state index is 13.3. The minimum absolute atomic E-state index is 0. The molecule has 0 saturated carbocycles. The normalized spacial score (nSPS) is 17.6. The largest absolute Gasteiger partial charge is 0.417 e. The van der Waals surface area contributed by atoms with E-state index in [4.69, 9.17) is 11.6 Å². The summed E-state index contributed by atoms with van der Waals surface area (Å²) >= 11 is 5.46. The first kappa shape index (κ1) is 23.6. The maximum atomic E-state index is 13.3. The Morgan fingerprint density at radius 3 is 2.00 bits per heavy atom. The third-order valence-corrected chi connectivity index (χ3v) is 3.77. The number of rotatable bonds is 2. The van der Waals surface area contributed by atoms with Crippen LogP contribution in [0.15, 0.2) is 18.2 Å². The molecule has 1 aliphatic rings. The van der Waals surface area contributed by atoms with Crippen molar-refractivity contribution in [2.45, 2.75) is 18.4 Å². The van der Waals surface area contributed by atoms with Crippen molar-refractivity contribution < 1.29 is 26.3 Å². The van der Waals surface area contributed by atoms with Crippen LogP contribution in [0.5, 0.6) is 0 Å². The van der Waals surface area contributed by atoms with E-state index in [1.165, 1.54) is 0 Å². The van der Waals surface area contributed by atoms with E-state index in [2.05, 4.69) is 5.32 Å². The first-order valence-electron chi connectivity index (χ1n) is 6.49. The third kappa shape index (κ3) is 5.56. The highest BCUT2D eigenvalue weighted by molar-refractivity contribution is 6.31. The van der Waals surface area contributed by atoms with Gasteiger partial charge in [0, 0.05) is 26.2 Å². The highest BCUT2D eigenvalue weighted by atomic mass is 35.5. The van der Waals surface area contributed by atoms with Gasteiger partial charge in [0.1, 0.15) is 6.04 Å². The fourth-order valence-electron chi connectivity index (χ4n) is 2.48. The Kier molecular flexibility index (Phi) is 8.65. The molecule has 1 saturated heterocycles. The molecule has 0 spiro atoms. The molecule has 11 heteroatoms. The third-order valence-electron chi connectivity index (χ3n) is 3.44. The van der Waals surface area contributed by atoms with Crippen LogP contribution in [0.1, 0.15) is 17.2 Å². The van der Waals surface area contributed by atoms with E-state index in [1.54, 1.807) is 0 Å². The second kappa shape index (κ2) is 8.80. The number of nitrogens with zero attached hydrogens (tertiary/aromatic N) is 1. The smallest absolute Gasteiger partial charge is 0.314 e. The lowest BCUT2D eigenvalue weighted by Gasteiger charge is -2.36. The molecule has 1 fully saturated rings. The van der Waals surface area contributed by atoms with Crippen molar-refractivity contribution in [2.24, 2.45) is 0 Å². The monoisotopic (exact) mass is 418 g/mol. The molecule has 1 aromatic carbocycles. The van der Waals surface area contributed by atoms with Gasteiger partial charge < -0.3 is 5.32 Å². The summed E-state index contributed by atoms with van der Waals surface area (Å²) in [4.78, 5) is 1.12. The predicted octanol–water partition coefficient (Wildman–Crippen LogP) is 4.71. The lowest BCUT2D eigenvalue weighted by molar-refractivity contribution is -0.188. The van der Waals surface area contributed by atoms with E-state index in [-0.39, 0.29) is 37.9 Å². The van der Waals surface area contributed by atoms with Gasteiger partial charge in [-0.1, -0.05) is 17.7 Å². The van der Waals surface area contributed by atoms with Gasteiger partial charge in [-0.3, -0.25) is 4.90 Å². The number of nitrogens with one attached hydrogen (secondary N) is 1. The average molecular weight is 420 g/mol. The van der Waals surface area contributed by atoms with Gasteiger partial charge in [-0.25, -0.2) is 0 Å². The number of piperazine rings is 1. The Morgan fingerprint density at radius 2 is 1.54 bits per heavy atom. The van der Waals surface area contributed by atoms with Crippen molar-refractivity contribution in [3.63, 3.8) is 0 Å². The summed E-state index contributed by atoms with van der Waals surface area (Å²) in [5, 5.41) is 2.29. The Balaban J connectivity index is 0.00000264. The molecule has 1 N–H and O–H groups in total. The topological polar surface area (TPSA) is 15.3 Å². The van der Waals surface area contributed by atoms with Crippen molar-refractivity contribution in [3.05, 3.63) is 34.3 Å². The Hall–Kier alpha value is -0.410. The first-order valence-corrected chi connectivity index (χ1v) is 6.86. The van der Waals surface area contributed by atoms with E-state index < -0.39 is 34.5 Å². The van der Waals surface area contributed by atoms with Crippen LogP contribution in [0, 0.1) is 0 Å². The number of alkyl halides is 6. The Morgan fingerprint density at radius 1 is 1.00 bits per heavy atom. The number of hydrogen-bond donors (Lipinski definition) is 1. The standard InChI is InChI=1S/C13H13ClF6N2.2ClH/c14-10-2-1-8(7-9(10)12(15,16)17)11(13(18,19)20)22-5-3-21-4-6-22;;/h1-2,7,11,21H,3-6H2;2*1H/t11-;;/m1../s1. The van der Waals surface area contributed by atoms with Crippen molar-refractivity contribution in [3.8, 4) is 0 Å². The number of halogens is 9. The lowest BCUT2D eigenvalue weighted by atomic mass is 10.0. The zero-order valence-electron chi connectivity index (χ0n) is 12.0. The molecule has 1 heterocycles. The van der Waals surface area contributed by atoms with Crippen LogP contribution in [0.25, 0.3) is 0 Å². The molecule has 0 bridgehead atoms. The zero-order valence-corrected chi connectivity index (χ0v) is 14.4. The molecule has 0 amide bonds. The fourth-order valence-corrected chi connectivity index (χ4v) is 2.70. The summed E-state index contributed by atoms with van der Waals surface area (Å²) in [6, 6.07) is 0.272. The Labute approximate surface area is 152 Å². The average Bonchev–Trinajstić information content (AvgIpc) is 2.39. The van der Waals surface area contributed by atoms with E-state index in [0.29, 0.717) is 19.2 Å². The van der Waals surface area contributed by atoms with E-state index in [1.807, 2.05) is 0 Å². The second-order valence-electron chi connectivity index (χ2n) is 4.97. The van der Waals surface area contributed by atoms with Crippen molar-refractivity contribution in [2.75, 3.05) is 26.2 Å². The van der Waals surface area contributed by atoms with Gasteiger partial charge in [0.25, 0.3) is 0 Å². The van der Waals surface area contributed by atoms with Crippen LogP contribution in [0.4, 0.5) is 26.3 Å². The summed E-state index contributed by atoms with van der Waals surface area (Å²) < 4.78 is 78.6. The van der Waals surface area contributed by atoms with Gasteiger partial charge >= 0.3 is 12.4 Å². The molecular formula is C13H15Cl3F6N2. The first-order chi connectivity index (χ1) is 10.1. The summed E-state index contributed by atoms with van der Waals surface area (Å²) in [5.41, 5.74) is -1.71. The van der Waals surface area contributed by atoms with Crippen molar-refractivity contribution in [1.82, 2.24) is 10.2 Å². The van der Waals surface area contributed by atoms with Crippen LogP contribution >= 0.6 is 36.4 Å². The Bertz CT molecular complexity index is 529. The van der Waals surface area contributed by atoms with Gasteiger partial charge in [0.05, 0.1) is 10.6 Å². The SMILES string of the molecule is Cl.Cl.FC(F)(F)c1cc([C@@H](N2CCNCC2)C(F)(F)F)ccc1Cl. The molecule has 0 unspecified atom stereocenters. The van der Waals surface area contributed by atoms with E-state index in [0.717, 1.165) is 17.0 Å². The van der Waals surface area contributed by atoms with Crippen LogP contribution in [0.2, 0.25) is 5.02 Å². The molecule has 0 aliphatic carbocycles. The molecule has 24 heavy (non-hydrogen) atoms. The van der Waals surface area contributed by atoms with Crippen LogP contribution in [-0.4, -0.2) is 37.3 Å². The summed E-state index contributed by atoms with van der Waals surface area (Å²) in [6.07, 6.45) is -9.47. The minimum Gasteiger partial charge on any atom is -0.314 e. The quantitative estimate of drug-likeness (QED) is 0.699. The molecule has 0 radical (unpaired) electrons. The van der Waals surface area contributed by atoms with E-state index >= 15 is 0 Å². The number of hydrogen-bond acceptors (Lipinski definition) is 2. The summed E-state index contributed by atoms with van der Waals surface area (Å²) in [7, 11) is 0. The highest BCUT2D eigenvalue weighted by Gasteiger charge is 2.46. The van der Waals surface area contributed by atoms with Gasteiger partial charge in [0.15, 0.2) is 0 Å². The molecule has 2 rings (SSSR count). The minimum atomic E-state index is -4.80. The predicted molar refractivity (Wildman–Crippen MR) is 84.2 cm³/mol. The van der Waals surface area contributed by atoms with Crippen molar-refractivity contribution >= 4 is 36.4 Å². The molecule has 0 aromatic heterocycles. The molecule has 140 valence electrons. The van der Waals surface area contributed by atoms with Gasteiger partial charge in [-0.2, -0.15) is 26.3 Å². The maximum Gasteiger partial charge on any atom is 0.417 e. The summed E-state index contributed by atoms with van der Waals surface area (Å²) in [6.45, 7) is 0.918. The van der Waals surface area contributed by atoms with Gasteiger partial charge in [-0.15, -0.1) is 24.8 Å². The highest BCUT2D eigenvalue weighted by Crippen LogP contribution is 2.41. The zero-order chi connectivity index (χ0) is 16.5. The molecule has 1 aromatic rings. The molecule has 2 nitrogen and oxygen atoms in total. The molecular weight excluding hydrogens is 405 g/mol. The summed E-state index contributed by atoms with van der Waals surface area (Å²) in [5.74, 6) is 0. The molecule has 1 aliphatic heterocycles. The second-order valence-corrected chi connectivity index (χ2v) is 5.37. The van der Waals surface area contributed by atoms with Gasteiger partial charge in [0.2, 0.25) is 0 Å². The van der Waals surface area contributed by atoms with Gasteiger partial charge in [-0.05, 0) is 17.7 Å². The lowest BCUT2D eigenvalue weighted by Crippen LogP contribution is -2.49. The van der Waals surface area contributed by atoms with Crippen LogP contribution in [0.3, 0.4) is 0 Å².